The van der Waals surface area contributed by atoms with E-state index in [1.165, 1.54) is 5.56 Å². The minimum absolute atomic E-state index is 0.0844. The summed E-state index contributed by atoms with van der Waals surface area (Å²) in [6.45, 7) is 9.37. The summed E-state index contributed by atoms with van der Waals surface area (Å²) in [5.41, 5.74) is 2.25. The largest absolute Gasteiger partial charge is 0.342 e. The number of carbonyl (C=O) groups excluding carboxylic acids is 2. The van der Waals surface area contributed by atoms with E-state index in [2.05, 4.69) is 19.9 Å². The van der Waals surface area contributed by atoms with Gasteiger partial charge in [0.15, 0.2) is 0 Å². The third-order valence-corrected chi connectivity index (χ3v) is 4.93. The van der Waals surface area contributed by atoms with Crippen LogP contribution in [0.25, 0.3) is 0 Å². The van der Waals surface area contributed by atoms with E-state index >= 15 is 0 Å². The lowest BCUT2D eigenvalue weighted by Crippen LogP contribution is -2.45. The first-order chi connectivity index (χ1) is 12.0. The van der Waals surface area contributed by atoms with Gasteiger partial charge in [0.25, 0.3) is 0 Å². The van der Waals surface area contributed by atoms with E-state index in [-0.39, 0.29) is 17.7 Å². The van der Waals surface area contributed by atoms with Crippen LogP contribution >= 0.6 is 0 Å². The smallest absolute Gasteiger partial charge is 0.226 e. The van der Waals surface area contributed by atoms with Gasteiger partial charge < -0.3 is 9.80 Å². The number of benzene rings is 1. The van der Waals surface area contributed by atoms with Crippen molar-refractivity contribution in [2.24, 2.45) is 5.92 Å². The average molecular weight is 344 g/mol. The summed E-state index contributed by atoms with van der Waals surface area (Å²) in [5.74, 6) is 0.547. The maximum atomic E-state index is 12.7. The molecule has 0 N–H and O–H groups in total. The van der Waals surface area contributed by atoms with Gasteiger partial charge in [0.2, 0.25) is 11.8 Å². The molecule has 0 aliphatic carbocycles. The van der Waals surface area contributed by atoms with E-state index in [1.807, 2.05) is 34.9 Å². The molecule has 138 valence electrons. The topological polar surface area (TPSA) is 40.6 Å². The third-order valence-electron chi connectivity index (χ3n) is 4.93. The van der Waals surface area contributed by atoms with Crippen molar-refractivity contribution in [1.29, 1.82) is 0 Å². The molecule has 1 saturated heterocycles. The van der Waals surface area contributed by atoms with Crippen LogP contribution in [-0.4, -0.2) is 47.8 Å². The molecule has 0 aromatic heterocycles. The summed E-state index contributed by atoms with van der Waals surface area (Å²) in [4.78, 5) is 29.2. The molecule has 0 unspecified atom stereocenters. The van der Waals surface area contributed by atoms with Crippen molar-refractivity contribution < 1.29 is 9.59 Å². The molecule has 0 saturated carbocycles. The molecule has 1 aromatic carbocycles. The first-order valence-corrected chi connectivity index (χ1v) is 9.67. The monoisotopic (exact) mass is 344 g/mol. The van der Waals surface area contributed by atoms with Gasteiger partial charge in [-0.05, 0) is 38.2 Å². The second-order valence-corrected chi connectivity index (χ2v) is 7.15. The average Bonchev–Trinajstić information content (AvgIpc) is 2.61. The van der Waals surface area contributed by atoms with Crippen molar-refractivity contribution >= 4 is 11.8 Å². The Bertz CT molecular complexity index is 571. The van der Waals surface area contributed by atoms with E-state index in [1.54, 1.807) is 0 Å². The molecule has 1 fully saturated rings. The van der Waals surface area contributed by atoms with Gasteiger partial charge in [-0.2, -0.15) is 0 Å². The van der Waals surface area contributed by atoms with Crippen molar-refractivity contribution in [1.82, 2.24) is 9.80 Å². The molecule has 0 spiro atoms. The zero-order valence-electron chi connectivity index (χ0n) is 16.0. The van der Waals surface area contributed by atoms with Gasteiger partial charge in [0.05, 0.1) is 6.42 Å². The van der Waals surface area contributed by atoms with E-state index in [9.17, 15) is 9.59 Å². The van der Waals surface area contributed by atoms with Gasteiger partial charge in [-0.25, -0.2) is 0 Å². The standard InChI is InChI=1S/C21H32N2O2/c1-4-11-23(12-5-2)21(25)19-9-13-22(14-10-19)20(24)16-18-8-6-7-17(3)15-18/h6-8,15,19H,4-5,9-14,16H2,1-3H3. The van der Waals surface area contributed by atoms with Gasteiger partial charge in [-0.3, -0.25) is 9.59 Å². The van der Waals surface area contributed by atoms with E-state index in [4.69, 9.17) is 0 Å². The zero-order chi connectivity index (χ0) is 18.2. The molecule has 1 aliphatic heterocycles. The number of likely N-dealkylation sites (tertiary alicyclic amines) is 1. The van der Waals surface area contributed by atoms with Crippen molar-refractivity contribution in [3.05, 3.63) is 35.4 Å². The summed E-state index contributed by atoms with van der Waals surface area (Å²) < 4.78 is 0. The summed E-state index contributed by atoms with van der Waals surface area (Å²) in [5, 5.41) is 0. The Morgan fingerprint density at radius 1 is 1.12 bits per heavy atom. The molecule has 4 nitrogen and oxygen atoms in total. The van der Waals surface area contributed by atoms with Gasteiger partial charge in [-0.15, -0.1) is 0 Å². The van der Waals surface area contributed by atoms with Gasteiger partial charge in [-0.1, -0.05) is 43.7 Å². The fourth-order valence-electron chi connectivity index (χ4n) is 3.61. The molecular weight excluding hydrogens is 312 g/mol. The molecule has 25 heavy (non-hydrogen) atoms. The molecule has 0 bridgehead atoms. The van der Waals surface area contributed by atoms with Crippen molar-refractivity contribution in [2.45, 2.75) is 52.9 Å². The van der Waals surface area contributed by atoms with Crippen LogP contribution in [-0.2, 0) is 16.0 Å². The van der Waals surface area contributed by atoms with Crippen molar-refractivity contribution in [3.8, 4) is 0 Å². The molecule has 1 heterocycles. The molecule has 2 rings (SSSR count). The van der Waals surface area contributed by atoms with Crippen molar-refractivity contribution in [2.75, 3.05) is 26.2 Å². The summed E-state index contributed by atoms with van der Waals surface area (Å²) in [6.07, 6.45) is 4.04. The highest BCUT2D eigenvalue weighted by Crippen LogP contribution is 2.21. The number of nitrogens with zero attached hydrogens (tertiary/aromatic N) is 2. The van der Waals surface area contributed by atoms with Crippen molar-refractivity contribution in [3.63, 3.8) is 0 Å². The summed E-state index contributed by atoms with van der Waals surface area (Å²) in [7, 11) is 0. The highest BCUT2D eigenvalue weighted by Gasteiger charge is 2.29. The van der Waals surface area contributed by atoms with Crippen LogP contribution in [0.1, 0.15) is 50.7 Å². The van der Waals surface area contributed by atoms with Crippen LogP contribution in [0.15, 0.2) is 24.3 Å². The fourth-order valence-corrected chi connectivity index (χ4v) is 3.61. The Morgan fingerprint density at radius 2 is 1.76 bits per heavy atom. The second-order valence-electron chi connectivity index (χ2n) is 7.15. The summed E-state index contributed by atoms with van der Waals surface area (Å²) in [6, 6.07) is 8.12. The SMILES string of the molecule is CCCN(CCC)C(=O)C1CCN(C(=O)Cc2cccc(C)c2)CC1. The van der Waals surface area contributed by atoms with Gasteiger partial charge >= 0.3 is 0 Å². The number of piperidine rings is 1. The molecule has 0 atom stereocenters. The molecule has 1 aromatic rings. The lowest BCUT2D eigenvalue weighted by Gasteiger charge is -2.34. The predicted octanol–water partition coefficient (Wildman–Crippen LogP) is 3.42. The minimum Gasteiger partial charge on any atom is -0.342 e. The van der Waals surface area contributed by atoms with Crippen LogP contribution in [0, 0.1) is 12.8 Å². The molecular formula is C21H32N2O2. The van der Waals surface area contributed by atoms with E-state index < -0.39 is 0 Å². The van der Waals surface area contributed by atoms with Crippen LogP contribution < -0.4 is 0 Å². The molecule has 0 radical (unpaired) electrons. The normalized spacial score (nSPS) is 15.2. The highest BCUT2D eigenvalue weighted by atomic mass is 16.2. The van der Waals surface area contributed by atoms with Gasteiger partial charge in [0.1, 0.15) is 0 Å². The Morgan fingerprint density at radius 3 is 2.32 bits per heavy atom. The lowest BCUT2D eigenvalue weighted by atomic mass is 9.94. The first-order valence-electron chi connectivity index (χ1n) is 9.67. The minimum atomic E-state index is 0.0844. The summed E-state index contributed by atoms with van der Waals surface area (Å²) >= 11 is 0. The molecule has 4 heteroatoms. The van der Waals surface area contributed by atoms with Gasteiger partial charge in [0, 0.05) is 32.1 Å². The maximum absolute atomic E-state index is 12.7. The van der Waals surface area contributed by atoms with Crippen LogP contribution in [0.5, 0.6) is 0 Å². The number of rotatable bonds is 7. The Hall–Kier alpha value is -1.84. The predicted molar refractivity (Wildman–Crippen MR) is 101 cm³/mol. The third kappa shape index (κ3) is 5.58. The number of aryl methyl sites for hydroxylation is 1. The number of carbonyl (C=O) groups is 2. The Balaban J connectivity index is 1.85. The highest BCUT2D eigenvalue weighted by molar-refractivity contribution is 5.81. The Labute approximate surface area is 152 Å². The Kier molecular flexibility index (Phi) is 7.48. The molecule has 2 amide bonds. The maximum Gasteiger partial charge on any atom is 0.226 e. The number of amides is 2. The molecule has 1 aliphatic rings. The van der Waals surface area contributed by atoms with E-state index in [0.29, 0.717) is 19.5 Å². The van der Waals surface area contributed by atoms with Crippen LogP contribution in [0.2, 0.25) is 0 Å². The zero-order valence-corrected chi connectivity index (χ0v) is 16.0. The quantitative estimate of drug-likeness (QED) is 0.760. The van der Waals surface area contributed by atoms with E-state index in [0.717, 1.165) is 44.3 Å². The lowest BCUT2D eigenvalue weighted by molar-refractivity contribution is -0.140. The number of hydrogen-bond donors (Lipinski definition) is 0. The first kappa shape index (κ1) is 19.5. The van der Waals surface area contributed by atoms with Crippen LogP contribution in [0.4, 0.5) is 0 Å². The fraction of sp³-hybridized carbons (Fsp3) is 0.619. The second kappa shape index (κ2) is 9.59. The van der Waals surface area contributed by atoms with Crippen LogP contribution in [0.3, 0.4) is 0 Å². The number of hydrogen-bond acceptors (Lipinski definition) is 2.